The smallest absolute Gasteiger partial charge is 0.123 e. The first-order valence-electron chi connectivity index (χ1n) is 6.78. The van der Waals surface area contributed by atoms with E-state index in [-0.39, 0.29) is 11.4 Å². The lowest BCUT2D eigenvalue weighted by Gasteiger charge is -2.46. The quantitative estimate of drug-likeness (QED) is 0.914. The minimum Gasteiger partial charge on any atom is -0.386 e. The molecule has 0 heterocycles. The monoisotopic (exact) mass is 285 g/mol. The van der Waals surface area contributed by atoms with E-state index in [9.17, 15) is 9.50 Å². The molecule has 0 bridgehead atoms. The van der Waals surface area contributed by atoms with Gasteiger partial charge < -0.3 is 10.0 Å². The Morgan fingerprint density at radius 3 is 2.47 bits per heavy atom. The summed E-state index contributed by atoms with van der Waals surface area (Å²) in [4.78, 5) is 2.07. The lowest BCUT2D eigenvalue weighted by molar-refractivity contribution is -0.0336. The van der Waals surface area contributed by atoms with Crippen molar-refractivity contribution in [3.8, 4) is 0 Å². The van der Waals surface area contributed by atoms with Crippen molar-refractivity contribution in [3.63, 3.8) is 0 Å². The molecule has 1 saturated carbocycles. The third kappa shape index (κ3) is 2.78. The van der Waals surface area contributed by atoms with E-state index < -0.39 is 6.10 Å². The molecule has 2 nitrogen and oxygen atoms in total. The summed E-state index contributed by atoms with van der Waals surface area (Å²) in [6, 6.07) is 4.19. The normalized spacial score (nSPS) is 20.5. The van der Waals surface area contributed by atoms with Gasteiger partial charge in [-0.1, -0.05) is 30.9 Å². The molecular weight excluding hydrogens is 265 g/mol. The molecule has 1 aromatic carbocycles. The van der Waals surface area contributed by atoms with Gasteiger partial charge >= 0.3 is 0 Å². The van der Waals surface area contributed by atoms with Crippen molar-refractivity contribution in [1.82, 2.24) is 4.90 Å². The minimum atomic E-state index is -0.758. The average molecular weight is 286 g/mol. The van der Waals surface area contributed by atoms with Crippen molar-refractivity contribution in [1.29, 1.82) is 0 Å². The van der Waals surface area contributed by atoms with E-state index in [1.165, 1.54) is 24.6 Å². The van der Waals surface area contributed by atoms with Crippen LogP contribution in [0.2, 0.25) is 5.02 Å². The molecule has 0 aromatic heterocycles. The van der Waals surface area contributed by atoms with Crippen LogP contribution in [-0.2, 0) is 0 Å². The van der Waals surface area contributed by atoms with E-state index in [1.54, 1.807) is 0 Å². The number of benzene rings is 1. The van der Waals surface area contributed by atoms with Crippen LogP contribution in [0.1, 0.15) is 43.8 Å². The Bertz CT molecular complexity index is 444. The first kappa shape index (κ1) is 14.8. The largest absolute Gasteiger partial charge is 0.386 e. The zero-order valence-corrected chi connectivity index (χ0v) is 12.3. The summed E-state index contributed by atoms with van der Waals surface area (Å²) in [5, 5.41) is 11.2. The van der Waals surface area contributed by atoms with Crippen molar-refractivity contribution in [2.45, 2.75) is 43.7 Å². The summed E-state index contributed by atoms with van der Waals surface area (Å²) in [5.41, 5.74) is 0.160. The Morgan fingerprint density at radius 2 is 1.89 bits per heavy atom. The van der Waals surface area contributed by atoms with E-state index in [0.29, 0.717) is 10.6 Å². The number of aliphatic hydroxyl groups is 1. The third-order valence-corrected chi connectivity index (χ3v) is 4.72. The zero-order chi connectivity index (χ0) is 14.0. The third-order valence-electron chi connectivity index (χ3n) is 4.37. The first-order chi connectivity index (χ1) is 8.97. The maximum absolute atomic E-state index is 13.4. The molecule has 4 heteroatoms. The van der Waals surface area contributed by atoms with Gasteiger partial charge in [-0.3, -0.25) is 0 Å². The van der Waals surface area contributed by atoms with Crippen LogP contribution in [0.15, 0.2) is 18.2 Å². The standard InChI is InChI=1S/C15H21ClFNO/c1-18(2)15(8-4-3-5-9-15)14(19)12-10-11(17)6-7-13(12)16/h6-7,10,14,19H,3-5,8-9H2,1-2H3. The fourth-order valence-corrected chi connectivity index (χ4v) is 3.36. The van der Waals surface area contributed by atoms with Crippen LogP contribution >= 0.6 is 11.6 Å². The van der Waals surface area contributed by atoms with Crippen LogP contribution in [0, 0.1) is 5.82 Å². The van der Waals surface area contributed by atoms with E-state index >= 15 is 0 Å². The van der Waals surface area contributed by atoms with Gasteiger partial charge in [0.15, 0.2) is 0 Å². The molecule has 0 spiro atoms. The van der Waals surface area contributed by atoms with Gasteiger partial charge in [-0.2, -0.15) is 0 Å². The van der Waals surface area contributed by atoms with Crippen molar-refractivity contribution < 1.29 is 9.50 Å². The predicted molar refractivity (Wildman–Crippen MR) is 75.9 cm³/mol. The van der Waals surface area contributed by atoms with Gasteiger partial charge in [0.05, 0.1) is 11.6 Å². The number of hydrogen-bond donors (Lipinski definition) is 1. The van der Waals surface area contributed by atoms with Gasteiger partial charge in [-0.05, 0) is 45.1 Å². The number of nitrogens with zero attached hydrogens (tertiary/aromatic N) is 1. The zero-order valence-electron chi connectivity index (χ0n) is 11.5. The van der Waals surface area contributed by atoms with Gasteiger partial charge in [0.2, 0.25) is 0 Å². The van der Waals surface area contributed by atoms with Gasteiger partial charge in [-0.15, -0.1) is 0 Å². The highest BCUT2D eigenvalue weighted by Gasteiger charge is 2.42. The molecule has 106 valence electrons. The highest BCUT2D eigenvalue weighted by Crippen LogP contribution is 2.43. The average Bonchev–Trinajstić information content (AvgIpc) is 2.41. The van der Waals surface area contributed by atoms with Crippen molar-refractivity contribution in [3.05, 3.63) is 34.6 Å². The summed E-state index contributed by atoms with van der Waals surface area (Å²) < 4.78 is 13.4. The van der Waals surface area contributed by atoms with E-state index in [2.05, 4.69) is 4.90 Å². The summed E-state index contributed by atoms with van der Waals surface area (Å²) in [6.07, 6.45) is 4.43. The van der Waals surface area contributed by atoms with Crippen molar-refractivity contribution in [2.24, 2.45) is 0 Å². The Labute approximate surface area is 119 Å². The lowest BCUT2D eigenvalue weighted by Crippen LogP contribution is -2.50. The second-order valence-electron chi connectivity index (χ2n) is 5.63. The Hall–Kier alpha value is -0.640. The predicted octanol–water partition coefficient (Wildman–Crippen LogP) is 3.78. The van der Waals surface area contributed by atoms with Gasteiger partial charge in [0.25, 0.3) is 0 Å². The molecule has 1 aliphatic carbocycles. The second kappa shape index (κ2) is 5.78. The highest BCUT2D eigenvalue weighted by atomic mass is 35.5. The number of hydrogen-bond acceptors (Lipinski definition) is 2. The molecule has 0 saturated heterocycles. The molecule has 1 atom stereocenters. The Morgan fingerprint density at radius 1 is 1.26 bits per heavy atom. The maximum atomic E-state index is 13.4. The van der Waals surface area contributed by atoms with Crippen LogP contribution in [0.25, 0.3) is 0 Å². The van der Waals surface area contributed by atoms with Crippen molar-refractivity contribution >= 4 is 11.6 Å². The van der Waals surface area contributed by atoms with E-state index in [4.69, 9.17) is 11.6 Å². The molecule has 0 radical (unpaired) electrons. The van der Waals surface area contributed by atoms with Gasteiger partial charge in [-0.25, -0.2) is 4.39 Å². The maximum Gasteiger partial charge on any atom is 0.123 e. The first-order valence-corrected chi connectivity index (χ1v) is 7.15. The number of likely N-dealkylation sites (N-methyl/N-ethyl adjacent to an activating group) is 1. The van der Waals surface area contributed by atoms with Crippen LogP contribution in [0.5, 0.6) is 0 Å². The summed E-state index contributed by atoms with van der Waals surface area (Å²) in [7, 11) is 3.95. The van der Waals surface area contributed by atoms with Crippen LogP contribution < -0.4 is 0 Å². The molecule has 2 rings (SSSR count). The molecule has 1 fully saturated rings. The van der Waals surface area contributed by atoms with Crippen LogP contribution in [0.4, 0.5) is 4.39 Å². The molecule has 1 aromatic rings. The second-order valence-corrected chi connectivity index (χ2v) is 6.03. The Balaban J connectivity index is 2.39. The molecular formula is C15H21ClFNO. The van der Waals surface area contributed by atoms with Crippen molar-refractivity contribution in [2.75, 3.05) is 14.1 Å². The number of halogens is 2. The summed E-state index contributed by atoms with van der Waals surface area (Å²) >= 11 is 6.13. The molecule has 0 amide bonds. The van der Waals surface area contributed by atoms with E-state index in [1.807, 2.05) is 14.1 Å². The number of rotatable bonds is 3. The minimum absolute atomic E-state index is 0.338. The van der Waals surface area contributed by atoms with E-state index in [0.717, 1.165) is 25.7 Å². The molecule has 0 aliphatic heterocycles. The SMILES string of the molecule is CN(C)C1(C(O)c2cc(F)ccc2Cl)CCCCC1. The lowest BCUT2D eigenvalue weighted by atomic mass is 9.74. The summed E-state index contributed by atoms with van der Waals surface area (Å²) in [6.45, 7) is 0. The molecule has 1 unspecified atom stereocenters. The van der Waals surface area contributed by atoms with Gasteiger partial charge in [0.1, 0.15) is 5.82 Å². The highest BCUT2D eigenvalue weighted by molar-refractivity contribution is 6.31. The molecule has 1 N–H and O–H groups in total. The fourth-order valence-electron chi connectivity index (χ4n) is 3.14. The fraction of sp³-hybridized carbons (Fsp3) is 0.600. The molecule has 19 heavy (non-hydrogen) atoms. The van der Waals surface area contributed by atoms with Gasteiger partial charge in [0, 0.05) is 10.6 Å². The van der Waals surface area contributed by atoms with Crippen LogP contribution in [0.3, 0.4) is 0 Å². The Kier molecular flexibility index (Phi) is 4.49. The molecule has 1 aliphatic rings. The van der Waals surface area contributed by atoms with Crippen LogP contribution in [-0.4, -0.2) is 29.6 Å². The number of aliphatic hydroxyl groups excluding tert-OH is 1. The summed E-state index contributed by atoms with van der Waals surface area (Å²) in [5.74, 6) is -0.358. The topological polar surface area (TPSA) is 23.5 Å².